The van der Waals surface area contributed by atoms with Crippen LogP contribution in [0.3, 0.4) is 0 Å². The highest BCUT2D eigenvalue weighted by molar-refractivity contribution is 5.50. The molecule has 144 valence electrons. The van der Waals surface area contributed by atoms with Crippen LogP contribution in [0.5, 0.6) is 11.5 Å². The van der Waals surface area contributed by atoms with Crippen molar-refractivity contribution in [3.63, 3.8) is 0 Å². The van der Waals surface area contributed by atoms with Crippen LogP contribution in [0, 0.1) is 11.3 Å². The van der Waals surface area contributed by atoms with Crippen molar-refractivity contribution in [2.75, 3.05) is 26.8 Å². The number of nitrogens with zero attached hydrogens (tertiary/aromatic N) is 2. The number of nitrogens with one attached hydrogen (secondary N) is 1. The lowest BCUT2D eigenvalue weighted by Gasteiger charge is -2.58. The molecule has 0 aliphatic carbocycles. The topological polar surface area (TPSA) is 59.6 Å². The Bertz CT molecular complexity index is 827. The number of benzene rings is 1. The van der Waals surface area contributed by atoms with Crippen molar-refractivity contribution in [3.8, 4) is 11.5 Å². The summed E-state index contributed by atoms with van der Waals surface area (Å²) in [5.41, 5.74) is 2.24. The molecule has 0 amide bonds. The summed E-state index contributed by atoms with van der Waals surface area (Å²) >= 11 is 0. The van der Waals surface area contributed by atoms with Gasteiger partial charge in [-0.2, -0.15) is 5.10 Å². The number of methoxy groups -OCH3 is 1. The Kier molecular flexibility index (Phi) is 3.78. The quantitative estimate of drug-likeness (QED) is 0.901. The maximum absolute atomic E-state index is 6.50. The Morgan fingerprint density at radius 2 is 2.15 bits per heavy atom. The summed E-state index contributed by atoms with van der Waals surface area (Å²) in [5, 5.41) is 7.10. The van der Waals surface area contributed by atoms with Gasteiger partial charge in [-0.15, -0.1) is 0 Å². The van der Waals surface area contributed by atoms with Crippen LogP contribution in [0.4, 0.5) is 0 Å². The molecule has 1 aromatic carbocycles. The molecule has 6 heteroatoms. The Morgan fingerprint density at radius 3 is 2.89 bits per heavy atom. The van der Waals surface area contributed by atoms with Crippen LogP contribution in [-0.4, -0.2) is 47.5 Å². The van der Waals surface area contributed by atoms with E-state index < -0.39 is 0 Å². The smallest absolute Gasteiger partial charge is 0.167 e. The van der Waals surface area contributed by atoms with Gasteiger partial charge in [0.1, 0.15) is 5.60 Å². The molecule has 1 N–H and O–H groups in total. The van der Waals surface area contributed by atoms with Crippen molar-refractivity contribution >= 4 is 0 Å². The highest BCUT2D eigenvalue weighted by Gasteiger charge is 2.56. The lowest BCUT2D eigenvalue weighted by molar-refractivity contribution is -0.200. The molecular formula is C21H27N3O3. The van der Waals surface area contributed by atoms with E-state index in [1.165, 1.54) is 5.69 Å². The fourth-order valence-electron chi connectivity index (χ4n) is 5.15. The molecule has 0 bridgehead atoms. The molecule has 2 aromatic rings. The second-order valence-electron chi connectivity index (χ2n) is 8.85. The molecule has 0 saturated carbocycles. The van der Waals surface area contributed by atoms with Gasteiger partial charge in [-0.1, -0.05) is 12.1 Å². The first-order valence-electron chi connectivity index (χ1n) is 9.68. The molecule has 2 fully saturated rings. The molecule has 2 saturated heterocycles. The first-order valence-corrected chi connectivity index (χ1v) is 9.68. The van der Waals surface area contributed by atoms with E-state index in [4.69, 9.17) is 14.2 Å². The fraction of sp³-hybridized carbons (Fsp3) is 0.571. The van der Waals surface area contributed by atoms with Crippen LogP contribution in [0.2, 0.25) is 0 Å². The van der Waals surface area contributed by atoms with Gasteiger partial charge in [-0.25, -0.2) is 0 Å². The van der Waals surface area contributed by atoms with Crippen molar-refractivity contribution in [2.45, 2.75) is 38.5 Å². The Hall–Kier alpha value is -2.05. The molecule has 1 aromatic heterocycles. The van der Waals surface area contributed by atoms with Gasteiger partial charge in [0.15, 0.2) is 11.5 Å². The van der Waals surface area contributed by atoms with E-state index in [2.05, 4.69) is 35.0 Å². The molecule has 4 heterocycles. The lowest BCUT2D eigenvalue weighted by atomic mass is 9.64. The Balaban J connectivity index is 1.35. The zero-order valence-corrected chi connectivity index (χ0v) is 16.2. The van der Waals surface area contributed by atoms with Gasteiger partial charge in [0.05, 0.1) is 19.8 Å². The number of likely N-dealkylation sites (tertiary alicyclic amines) is 1. The predicted molar refractivity (Wildman–Crippen MR) is 101 cm³/mol. The summed E-state index contributed by atoms with van der Waals surface area (Å²) in [6.45, 7) is 8.23. The highest BCUT2D eigenvalue weighted by Crippen LogP contribution is 2.56. The Labute approximate surface area is 159 Å². The summed E-state index contributed by atoms with van der Waals surface area (Å²) in [4.78, 5) is 2.46. The van der Waals surface area contributed by atoms with Gasteiger partial charge in [-0.05, 0) is 32.4 Å². The van der Waals surface area contributed by atoms with Crippen LogP contribution in [-0.2, 0) is 11.3 Å². The zero-order chi connectivity index (χ0) is 18.6. The number of aromatic amines is 1. The summed E-state index contributed by atoms with van der Waals surface area (Å²) in [5.74, 6) is 1.97. The van der Waals surface area contributed by atoms with Gasteiger partial charge >= 0.3 is 0 Å². The predicted octanol–water partition coefficient (Wildman–Crippen LogP) is 3.17. The SMILES string of the molecule is COc1cccc2c1OC(C)(C)[C@H]1CC3(CO[C@H]21)CN(Cc1ccn[nH]1)C3. The fourth-order valence-corrected chi connectivity index (χ4v) is 5.15. The van der Waals surface area contributed by atoms with E-state index in [9.17, 15) is 0 Å². The number of aromatic nitrogens is 2. The monoisotopic (exact) mass is 369 g/mol. The van der Waals surface area contributed by atoms with E-state index in [0.717, 1.165) is 49.7 Å². The third-order valence-corrected chi connectivity index (χ3v) is 6.45. The van der Waals surface area contributed by atoms with Gasteiger partial charge in [-0.3, -0.25) is 10.00 Å². The number of ether oxygens (including phenoxy) is 3. The summed E-state index contributed by atoms with van der Waals surface area (Å²) in [7, 11) is 1.69. The maximum atomic E-state index is 6.50. The summed E-state index contributed by atoms with van der Waals surface area (Å²) < 4.78 is 18.5. The lowest BCUT2D eigenvalue weighted by Crippen LogP contribution is -2.63. The van der Waals surface area contributed by atoms with Gasteiger partial charge in [0.2, 0.25) is 0 Å². The van der Waals surface area contributed by atoms with E-state index in [1.807, 2.05) is 24.4 Å². The molecule has 3 aliphatic heterocycles. The second kappa shape index (κ2) is 5.97. The van der Waals surface area contributed by atoms with Crippen LogP contribution in [0.25, 0.3) is 0 Å². The van der Waals surface area contributed by atoms with Gasteiger partial charge in [0, 0.05) is 48.4 Å². The number of H-pyrrole nitrogens is 1. The van der Waals surface area contributed by atoms with Gasteiger partial charge in [0.25, 0.3) is 0 Å². The summed E-state index contributed by atoms with van der Waals surface area (Å²) in [6, 6.07) is 8.15. The highest BCUT2D eigenvalue weighted by atomic mass is 16.5. The van der Waals surface area contributed by atoms with E-state index in [1.54, 1.807) is 7.11 Å². The minimum Gasteiger partial charge on any atom is -0.493 e. The van der Waals surface area contributed by atoms with Crippen molar-refractivity contribution < 1.29 is 14.2 Å². The van der Waals surface area contributed by atoms with E-state index in [0.29, 0.717) is 5.92 Å². The van der Waals surface area contributed by atoms with Crippen LogP contribution in [0.15, 0.2) is 30.5 Å². The normalized spacial score (nSPS) is 28.0. The molecular weight excluding hydrogens is 342 g/mol. The Morgan fingerprint density at radius 1 is 1.30 bits per heavy atom. The molecule has 2 atom stereocenters. The van der Waals surface area contributed by atoms with Crippen molar-refractivity contribution in [1.29, 1.82) is 0 Å². The van der Waals surface area contributed by atoms with Gasteiger partial charge < -0.3 is 14.2 Å². The zero-order valence-electron chi connectivity index (χ0n) is 16.2. The average molecular weight is 369 g/mol. The number of hydrogen-bond donors (Lipinski definition) is 1. The molecule has 0 unspecified atom stereocenters. The maximum Gasteiger partial charge on any atom is 0.167 e. The van der Waals surface area contributed by atoms with E-state index >= 15 is 0 Å². The van der Waals surface area contributed by atoms with Crippen LogP contribution < -0.4 is 9.47 Å². The minimum absolute atomic E-state index is 0.0751. The first-order chi connectivity index (χ1) is 13.0. The standard InChI is InChI=1S/C21H27N3O3/c1-20(2)16-9-21(11-24(12-21)10-14-7-8-22-23-14)13-26-18(16)15-5-4-6-17(25-3)19(15)27-20/h4-8,16,18H,9-13H2,1-3H3,(H,22,23)/t16-,18+/m0/s1. The molecule has 6 nitrogen and oxygen atoms in total. The molecule has 0 radical (unpaired) electrons. The van der Waals surface area contributed by atoms with Crippen LogP contribution >= 0.6 is 0 Å². The molecule has 1 spiro atoms. The number of fused-ring (bicyclic) bond motifs is 3. The summed E-state index contributed by atoms with van der Waals surface area (Å²) in [6.07, 6.45) is 3.01. The molecule has 5 rings (SSSR count). The number of rotatable bonds is 3. The second-order valence-corrected chi connectivity index (χ2v) is 8.85. The largest absolute Gasteiger partial charge is 0.493 e. The first kappa shape index (κ1) is 17.1. The van der Waals surface area contributed by atoms with Crippen molar-refractivity contribution in [3.05, 3.63) is 41.7 Å². The minimum atomic E-state index is -0.288. The molecule has 3 aliphatic rings. The van der Waals surface area contributed by atoms with Crippen LogP contribution in [0.1, 0.15) is 37.6 Å². The average Bonchev–Trinajstić information content (AvgIpc) is 3.13. The number of para-hydroxylation sites is 1. The van der Waals surface area contributed by atoms with Crippen molar-refractivity contribution in [2.24, 2.45) is 11.3 Å². The van der Waals surface area contributed by atoms with Crippen molar-refractivity contribution in [1.82, 2.24) is 15.1 Å². The number of hydrogen-bond acceptors (Lipinski definition) is 5. The third kappa shape index (κ3) is 2.74. The van der Waals surface area contributed by atoms with E-state index in [-0.39, 0.29) is 17.1 Å². The third-order valence-electron chi connectivity index (χ3n) is 6.45. The molecule has 27 heavy (non-hydrogen) atoms.